The summed E-state index contributed by atoms with van der Waals surface area (Å²) in [6.07, 6.45) is -2.09. The van der Waals surface area contributed by atoms with Gasteiger partial charge in [0.15, 0.2) is 0 Å². The van der Waals surface area contributed by atoms with Crippen molar-refractivity contribution in [2.75, 3.05) is 10.7 Å². The molecule has 1 fully saturated rings. The number of aliphatic hydroxyl groups excluding tert-OH is 1. The molecule has 8 heteroatoms. The number of aromatic nitrogens is 1. The molecule has 2 rings (SSSR count). The van der Waals surface area contributed by atoms with Gasteiger partial charge in [-0.3, -0.25) is 0 Å². The smallest absolute Gasteiger partial charge is 0.393 e. The van der Waals surface area contributed by atoms with Gasteiger partial charge in [0.25, 0.3) is 0 Å². The van der Waals surface area contributed by atoms with Crippen molar-refractivity contribution in [3.63, 3.8) is 0 Å². The van der Waals surface area contributed by atoms with Crippen LogP contribution in [0.15, 0.2) is 12.1 Å². The second kappa shape index (κ2) is 5.84. The Bertz CT molecular complexity index is 459. The van der Waals surface area contributed by atoms with Crippen LogP contribution < -0.4 is 16.6 Å². The van der Waals surface area contributed by atoms with Crippen LogP contribution in [0.4, 0.5) is 24.8 Å². The van der Waals surface area contributed by atoms with Gasteiger partial charge in [0, 0.05) is 6.04 Å². The molecule has 0 unspecified atom stereocenters. The minimum atomic E-state index is -4.45. The summed E-state index contributed by atoms with van der Waals surface area (Å²) < 4.78 is 38.3. The fraction of sp³-hybridized carbons (Fsp3) is 0.583. The maximum atomic E-state index is 12.8. The molecule has 0 spiro atoms. The first-order valence-electron chi connectivity index (χ1n) is 6.39. The number of rotatable bonds is 3. The number of hydrazine groups is 1. The van der Waals surface area contributed by atoms with Gasteiger partial charge in [-0.25, -0.2) is 10.8 Å². The van der Waals surface area contributed by atoms with Crippen molar-refractivity contribution in [1.29, 1.82) is 0 Å². The molecule has 0 amide bonds. The van der Waals surface area contributed by atoms with E-state index in [0.29, 0.717) is 25.7 Å². The largest absolute Gasteiger partial charge is 0.416 e. The average Bonchev–Trinajstić information content (AvgIpc) is 2.40. The minimum Gasteiger partial charge on any atom is -0.393 e. The summed E-state index contributed by atoms with van der Waals surface area (Å²) in [4.78, 5) is 3.97. The Hall–Kier alpha value is -1.54. The summed E-state index contributed by atoms with van der Waals surface area (Å²) in [6.45, 7) is 0. The molecule has 1 aliphatic carbocycles. The highest BCUT2D eigenvalue weighted by Crippen LogP contribution is 2.32. The first-order chi connectivity index (χ1) is 9.38. The summed E-state index contributed by atoms with van der Waals surface area (Å²) in [5.41, 5.74) is 1.33. The van der Waals surface area contributed by atoms with E-state index in [-0.39, 0.29) is 23.8 Å². The zero-order valence-electron chi connectivity index (χ0n) is 10.7. The SMILES string of the molecule is NNc1cc(C(F)(F)F)cc(NC2CCC(O)CC2)n1. The first kappa shape index (κ1) is 14.9. The van der Waals surface area contributed by atoms with E-state index < -0.39 is 11.7 Å². The Balaban J connectivity index is 2.14. The van der Waals surface area contributed by atoms with E-state index in [9.17, 15) is 18.3 Å². The van der Waals surface area contributed by atoms with Crippen LogP contribution in [0, 0.1) is 0 Å². The first-order valence-corrected chi connectivity index (χ1v) is 6.39. The third kappa shape index (κ3) is 3.73. The van der Waals surface area contributed by atoms with Gasteiger partial charge in [0.05, 0.1) is 11.7 Å². The van der Waals surface area contributed by atoms with Crippen LogP contribution in [0.1, 0.15) is 31.2 Å². The Morgan fingerprint density at radius 3 is 2.30 bits per heavy atom. The molecule has 0 radical (unpaired) electrons. The van der Waals surface area contributed by atoms with Crippen LogP contribution in [0.3, 0.4) is 0 Å². The van der Waals surface area contributed by atoms with Crippen molar-refractivity contribution in [1.82, 2.24) is 4.98 Å². The summed E-state index contributed by atoms with van der Waals surface area (Å²) in [5, 5.41) is 12.4. The number of halogens is 3. The number of nitrogen functional groups attached to an aromatic ring is 1. The number of hydrogen-bond acceptors (Lipinski definition) is 5. The number of anilines is 2. The molecule has 0 aliphatic heterocycles. The zero-order valence-corrected chi connectivity index (χ0v) is 10.7. The van der Waals surface area contributed by atoms with Crippen molar-refractivity contribution < 1.29 is 18.3 Å². The molecule has 1 saturated carbocycles. The van der Waals surface area contributed by atoms with Gasteiger partial charge in [-0.1, -0.05) is 0 Å². The Labute approximate surface area is 114 Å². The lowest BCUT2D eigenvalue weighted by atomic mass is 9.93. The zero-order chi connectivity index (χ0) is 14.8. The highest BCUT2D eigenvalue weighted by molar-refractivity contribution is 5.49. The molecule has 1 aliphatic rings. The van der Waals surface area contributed by atoms with Crippen molar-refractivity contribution in [2.45, 2.75) is 44.0 Å². The number of alkyl halides is 3. The number of nitrogens with one attached hydrogen (secondary N) is 2. The Morgan fingerprint density at radius 2 is 1.75 bits per heavy atom. The van der Waals surface area contributed by atoms with Crippen molar-refractivity contribution in [3.05, 3.63) is 17.7 Å². The maximum Gasteiger partial charge on any atom is 0.416 e. The van der Waals surface area contributed by atoms with E-state index >= 15 is 0 Å². The molecule has 5 nitrogen and oxygen atoms in total. The fourth-order valence-electron chi connectivity index (χ4n) is 2.27. The molecule has 112 valence electrons. The van der Waals surface area contributed by atoms with Crippen molar-refractivity contribution in [2.24, 2.45) is 5.84 Å². The van der Waals surface area contributed by atoms with Gasteiger partial charge in [0.1, 0.15) is 11.6 Å². The summed E-state index contributed by atoms with van der Waals surface area (Å²) >= 11 is 0. The van der Waals surface area contributed by atoms with Gasteiger partial charge in [-0.15, -0.1) is 0 Å². The molecule has 5 N–H and O–H groups in total. The molecule has 1 aromatic rings. The van der Waals surface area contributed by atoms with Gasteiger partial charge in [-0.2, -0.15) is 13.2 Å². The van der Waals surface area contributed by atoms with Crippen LogP contribution in [-0.2, 0) is 6.18 Å². The number of aliphatic hydroxyl groups is 1. The molecular weight excluding hydrogens is 273 g/mol. The summed E-state index contributed by atoms with van der Waals surface area (Å²) in [7, 11) is 0. The second-order valence-corrected chi connectivity index (χ2v) is 4.92. The minimum absolute atomic E-state index is 0.0139. The molecule has 1 aromatic heterocycles. The molecule has 20 heavy (non-hydrogen) atoms. The average molecular weight is 290 g/mol. The van der Waals surface area contributed by atoms with Crippen molar-refractivity contribution >= 4 is 11.6 Å². The van der Waals surface area contributed by atoms with Crippen molar-refractivity contribution in [3.8, 4) is 0 Å². The third-order valence-corrected chi connectivity index (χ3v) is 3.35. The van der Waals surface area contributed by atoms with E-state index in [1.165, 1.54) is 0 Å². The lowest BCUT2D eigenvalue weighted by Crippen LogP contribution is -2.28. The van der Waals surface area contributed by atoms with Crippen LogP contribution in [-0.4, -0.2) is 22.2 Å². The third-order valence-electron chi connectivity index (χ3n) is 3.35. The number of hydrogen-bond donors (Lipinski definition) is 4. The normalized spacial score (nSPS) is 23.4. The molecular formula is C12H17F3N4O. The Morgan fingerprint density at radius 1 is 1.15 bits per heavy atom. The monoisotopic (exact) mass is 290 g/mol. The van der Waals surface area contributed by atoms with Crippen LogP contribution in [0.25, 0.3) is 0 Å². The molecule has 0 aromatic carbocycles. The van der Waals surface area contributed by atoms with E-state index in [1.807, 2.05) is 0 Å². The van der Waals surface area contributed by atoms with Crippen LogP contribution >= 0.6 is 0 Å². The topological polar surface area (TPSA) is 83.2 Å². The predicted molar refractivity (Wildman–Crippen MR) is 68.9 cm³/mol. The van der Waals surface area contributed by atoms with Crippen LogP contribution in [0.2, 0.25) is 0 Å². The van der Waals surface area contributed by atoms with Gasteiger partial charge >= 0.3 is 6.18 Å². The fourth-order valence-corrected chi connectivity index (χ4v) is 2.27. The lowest BCUT2D eigenvalue weighted by Gasteiger charge is -2.27. The van der Waals surface area contributed by atoms with E-state index in [2.05, 4.69) is 15.7 Å². The number of nitrogens with two attached hydrogens (primary N) is 1. The summed E-state index contributed by atoms with van der Waals surface area (Å²) in [6, 6.07) is 1.84. The quantitative estimate of drug-likeness (QED) is 0.506. The lowest BCUT2D eigenvalue weighted by molar-refractivity contribution is -0.137. The van der Waals surface area contributed by atoms with Gasteiger partial charge in [0.2, 0.25) is 0 Å². The highest BCUT2D eigenvalue weighted by atomic mass is 19.4. The van der Waals surface area contributed by atoms with E-state index in [0.717, 1.165) is 12.1 Å². The second-order valence-electron chi connectivity index (χ2n) is 4.92. The summed E-state index contributed by atoms with van der Waals surface area (Å²) in [5.74, 6) is 5.23. The molecule has 1 heterocycles. The number of pyridine rings is 1. The van der Waals surface area contributed by atoms with Gasteiger partial charge in [-0.05, 0) is 37.8 Å². The number of nitrogens with zero attached hydrogens (tertiary/aromatic N) is 1. The standard InChI is InChI=1S/C12H17F3N4O/c13-12(14,15)7-5-10(18-11(6-7)19-16)17-8-1-3-9(20)4-2-8/h5-6,8-9,20H,1-4,16H2,(H2,17,18,19). The van der Waals surface area contributed by atoms with E-state index in [1.54, 1.807) is 0 Å². The van der Waals surface area contributed by atoms with Gasteiger partial charge < -0.3 is 15.8 Å². The highest BCUT2D eigenvalue weighted by Gasteiger charge is 2.32. The predicted octanol–water partition coefficient (Wildman–Crippen LogP) is 2.10. The molecule has 0 atom stereocenters. The van der Waals surface area contributed by atoms with Crippen LogP contribution in [0.5, 0.6) is 0 Å². The molecule has 0 bridgehead atoms. The Kier molecular flexibility index (Phi) is 4.34. The maximum absolute atomic E-state index is 12.8. The molecule has 0 saturated heterocycles. The van der Waals surface area contributed by atoms with E-state index in [4.69, 9.17) is 5.84 Å².